The van der Waals surface area contributed by atoms with Crippen molar-refractivity contribution in [2.75, 3.05) is 26.8 Å². The molecule has 0 spiro atoms. The molecule has 3 nitrogen and oxygen atoms in total. The quantitative estimate of drug-likeness (QED) is 0.914. The molecular weight excluding hydrogens is 262 g/mol. The Kier molecular flexibility index (Phi) is 4.41. The summed E-state index contributed by atoms with van der Waals surface area (Å²) in [7, 11) is 1.99. The van der Waals surface area contributed by atoms with Crippen LogP contribution in [-0.2, 0) is 0 Å². The van der Waals surface area contributed by atoms with E-state index in [1.54, 1.807) is 0 Å². The summed E-state index contributed by atoms with van der Waals surface area (Å²) in [5.41, 5.74) is 2.62. The minimum atomic E-state index is 0.370. The molecule has 0 bridgehead atoms. The van der Waals surface area contributed by atoms with Crippen LogP contribution in [0.2, 0.25) is 0 Å². The van der Waals surface area contributed by atoms with Crippen LogP contribution in [0.3, 0.4) is 0 Å². The smallest absolute Gasteiger partial charge is 0.161 e. The first-order valence-corrected chi connectivity index (χ1v) is 7.47. The van der Waals surface area contributed by atoms with E-state index in [2.05, 4.69) is 47.8 Å². The Morgan fingerprint density at radius 1 is 0.952 bits per heavy atom. The molecule has 3 heteroatoms. The molecule has 1 unspecified atom stereocenters. The van der Waals surface area contributed by atoms with Gasteiger partial charge in [-0.25, -0.2) is 0 Å². The van der Waals surface area contributed by atoms with Gasteiger partial charge in [0.15, 0.2) is 11.5 Å². The normalized spacial score (nSPS) is 14.7. The molecule has 0 saturated carbocycles. The summed E-state index contributed by atoms with van der Waals surface area (Å²) in [6.45, 7) is 2.24. The Balaban J connectivity index is 1.92. The van der Waals surface area contributed by atoms with E-state index in [9.17, 15) is 0 Å². The van der Waals surface area contributed by atoms with E-state index in [1.807, 2.05) is 13.1 Å². The first-order chi connectivity index (χ1) is 10.4. The van der Waals surface area contributed by atoms with Gasteiger partial charge in [-0.05, 0) is 43.3 Å². The summed E-state index contributed by atoms with van der Waals surface area (Å²) in [5, 5.41) is 3.24. The molecule has 0 radical (unpaired) electrons. The molecule has 0 aliphatic carbocycles. The molecule has 3 rings (SSSR count). The zero-order chi connectivity index (χ0) is 14.5. The van der Waals surface area contributed by atoms with E-state index >= 15 is 0 Å². The van der Waals surface area contributed by atoms with Crippen LogP contribution < -0.4 is 14.8 Å². The average Bonchev–Trinajstić information content (AvgIpc) is 2.56. The van der Waals surface area contributed by atoms with E-state index in [0.29, 0.717) is 19.1 Å². The minimum Gasteiger partial charge on any atom is -0.486 e. The van der Waals surface area contributed by atoms with E-state index in [4.69, 9.17) is 9.47 Å². The van der Waals surface area contributed by atoms with E-state index in [-0.39, 0.29) is 0 Å². The largest absolute Gasteiger partial charge is 0.486 e. The lowest BCUT2D eigenvalue weighted by atomic mass is 9.88. The van der Waals surface area contributed by atoms with Crippen LogP contribution in [0.5, 0.6) is 11.5 Å². The third kappa shape index (κ3) is 3.19. The van der Waals surface area contributed by atoms with Crippen molar-refractivity contribution in [2.45, 2.75) is 12.3 Å². The molecule has 110 valence electrons. The van der Waals surface area contributed by atoms with Crippen molar-refractivity contribution in [3.05, 3.63) is 59.7 Å². The topological polar surface area (TPSA) is 30.5 Å². The highest BCUT2D eigenvalue weighted by molar-refractivity contribution is 5.46. The maximum Gasteiger partial charge on any atom is 0.161 e. The fraction of sp³-hybridized carbons (Fsp3) is 0.333. The van der Waals surface area contributed by atoms with E-state index in [0.717, 1.165) is 24.5 Å². The van der Waals surface area contributed by atoms with Gasteiger partial charge in [-0.3, -0.25) is 0 Å². The van der Waals surface area contributed by atoms with Gasteiger partial charge in [0.25, 0.3) is 0 Å². The van der Waals surface area contributed by atoms with Gasteiger partial charge in [0.1, 0.15) is 13.2 Å². The lowest BCUT2D eigenvalue weighted by molar-refractivity contribution is 0.171. The van der Waals surface area contributed by atoms with Gasteiger partial charge in [-0.15, -0.1) is 0 Å². The van der Waals surface area contributed by atoms with Crippen molar-refractivity contribution < 1.29 is 9.47 Å². The predicted molar refractivity (Wildman–Crippen MR) is 84.3 cm³/mol. The zero-order valence-electron chi connectivity index (χ0n) is 12.3. The molecule has 1 atom stereocenters. The number of fused-ring (bicyclic) bond motifs is 1. The molecule has 1 heterocycles. The molecule has 0 fully saturated rings. The number of benzene rings is 2. The number of hydrogen-bond donors (Lipinski definition) is 1. The third-order valence-electron chi connectivity index (χ3n) is 3.85. The van der Waals surface area contributed by atoms with Gasteiger partial charge in [0.2, 0.25) is 0 Å². The highest BCUT2D eigenvalue weighted by atomic mass is 16.6. The SMILES string of the molecule is CNCCC(c1ccccc1)c1ccc2c(c1)OCCO2. The number of rotatable bonds is 5. The van der Waals surface area contributed by atoms with Gasteiger partial charge in [0, 0.05) is 5.92 Å². The predicted octanol–water partition coefficient (Wildman–Crippen LogP) is 3.20. The van der Waals surface area contributed by atoms with Crippen molar-refractivity contribution in [1.82, 2.24) is 5.32 Å². The Morgan fingerprint density at radius 2 is 1.71 bits per heavy atom. The first-order valence-electron chi connectivity index (χ1n) is 7.47. The summed E-state index contributed by atoms with van der Waals surface area (Å²) < 4.78 is 11.3. The molecule has 0 saturated heterocycles. The van der Waals surface area contributed by atoms with Crippen molar-refractivity contribution in [1.29, 1.82) is 0 Å². The lowest BCUT2D eigenvalue weighted by Crippen LogP contribution is -2.16. The van der Waals surface area contributed by atoms with Gasteiger partial charge >= 0.3 is 0 Å². The number of nitrogens with one attached hydrogen (secondary N) is 1. The second-order valence-electron chi connectivity index (χ2n) is 5.26. The molecule has 2 aromatic carbocycles. The highest BCUT2D eigenvalue weighted by Gasteiger charge is 2.18. The average molecular weight is 283 g/mol. The van der Waals surface area contributed by atoms with Crippen LogP contribution in [0, 0.1) is 0 Å². The van der Waals surface area contributed by atoms with Crippen molar-refractivity contribution in [3.63, 3.8) is 0 Å². The number of ether oxygens (including phenoxy) is 2. The van der Waals surface area contributed by atoms with Crippen molar-refractivity contribution in [2.24, 2.45) is 0 Å². The monoisotopic (exact) mass is 283 g/mol. The summed E-state index contributed by atoms with van der Waals surface area (Å²) in [6, 6.07) is 16.9. The van der Waals surface area contributed by atoms with Gasteiger partial charge in [0.05, 0.1) is 0 Å². The van der Waals surface area contributed by atoms with E-state index in [1.165, 1.54) is 11.1 Å². The maximum absolute atomic E-state index is 5.71. The molecular formula is C18H21NO2. The molecule has 0 aromatic heterocycles. The molecule has 0 amide bonds. The van der Waals surface area contributed by atoms with Crippen LogP contribution in [-0.4, -0.2) is 26.8 Å². The second kappa shape index (κ2) is 6.64. The Hall–Kier alpha value is -2.00. The Bertz CT molecular complexity index is 583. The molecule has 1 N–H and O–H groups in total. The maximum atomic E-state index is 5.71. The first kappa shape index (κ1) is 14.0. The second-order valence-corrected chi connectivity index (χ2v) is 5.26. The van der Waals surface area contributed by atoms with Gasteiger partial charge < -0.3 is 14.8 Å². The van der Waals surface area contributed by atoms with Crippen LogP contribution >= 0.6 is 0 Å². The van der Waals surface area contributed by atoms with Gasteiger partial charge in [-0.1, -0.05) is 36.4 Å². The summed E-state index contributed by atoms with van der Waals surface area (Å²) in [4.78, 5) is 0. The third-order valence-corrected chi connectivity index (χ3v) is 3.85. The fourth-order valence-electron chi connectivity index (χ4n) is 2.78. The summed E-state index contributed by atoms with van der Waals surface area (Å²) in [6.07, 6.45) is 1.06. The van der Waals surface area contributed by atoms with Crippen molar-refractivity contribution in [3.8, 4) is 11.5 Å². The number of hydrogen-bond acceptors (Lipinski definition) is 3. The van der Waals surface area contributed by atoms with E-state index < -0.39 is 0 Å². The van der Waals surface area contributed by atoms with Crippen LogP contribution in [0.25, 0.3) is 0 Å². The molecule has 1 aliphatic rings. The molecule has 21 heavy (non-hydrogen) atoms. The molecule has 2 aromatic rings. The van der Waals surface area contributed by atoms with Crippen LogP contribution in [0.4, 0.5) is 0 Å². The van der Waals surface area contributed by atoms with Crippen molar-refractivity contribution >= 4 is 0 Å². The Morgan fingerprint density at radius 3 is 2.48 bits per heavy atom. The Labute approximate surface area is 125 Å². The minimum absolute atomic E-state index is 0.370. The standard InChI is InChI=1S/C18H21NO2/c1-19-10-9-16(14-5-3-2-4-6-14)15-7-8-17-18(13-15)21-12-11-20-17/h2-8,13,16,19H,9-12H2,1H3. The summed E-state index contributed by atoms with van der Waals surface area (Å²) in [5.74, 6) is 2.09. The fourth-order valence-corrected chi connectivity index (χ4v) is 2.78. The summed E-state index contributed by atoms with van der Waals surface area (Å²) >= 11 is 0. The molecule has 1 aliphatic heterocycles. The van der Waals surface area contributed by atoms with Crippen LogP contribution in [0.15, 0.2) is 48.5 Å². The lowest BCUT2D eigenvalue weighted by Gasteiger charge is -2.22. The zero-order valence-corrected chi connectivity index (χ0v) is 12.3. The van der Waals surface area contributed by atoms with Crippen LogP contribution in [0.1, 0.15) is 23.5 Å². The van der Waals surface area contributed by atoms with Gasteiger partial charge in [-0.2, -0.15) is 0 Å². The highest BCUT2D eigenvalue weighted by Crippen LogP contribution is 2.36.